The smallest absolute Gasteiger partial charge is 0.191 e. The zero-order valence-corrected chi connectivity index (χ0v) is 19.0. The molecular weight excluding hydrogens is 455 g/mol. The molecule has 152 valence electrons. The summed E-state index contributed by atoms with van der Waals surface area (Å²) in [5, 5.41) is 7.82. The topological polar surface area (TPSA) is 62.0 Å². The summed E-state index contributed by atoms with van der Waals surface area (Å²) in [4.78, 5) is 6.92. The average molecular weight is 488 g/mol. The second kappa shape index (κ2) is 13.8. The number of aliphatic imine (C=N–C) groups is 1. The number of hydrogen-bond acceptors (Lipinski definition) is 4. The van der Waals surface area contributed by atoms with Gasteiger partial charge in [-0.3, -0.25) is 4.99 Å². The molecule has 0 bridgehead atoms. The Morgan fingerprint density at radius 1 is 1.22 bits per heavy atom. The van der Waals surface area contributed by atoms with Crippen LogP contribution in [0.4, 0.5) is 0 Å². The quantitative estimate of drug-likeness (QED) is 0.220. The van der Waals surface area contributed by atoms with Crippen LogP contribution >= 0.6 is 24.0 Å². The van der Waals surface area contributed by atoms with Crippen molar-refractivity contribution < 1.29 is 9.15 Å². The molecule has 0 amide bonds. The minimum Gasteiger partial charge on any atom is -0.461 e. The Morgan fingerprint density at radius 3 is 2.78 bits per heavy atom. The predicted octanol–water partition coefficient (Wildman–Crippen LogP) is 3.12. The van der Waals surface area contributed by atoms with Crippen molar-refractivity contribution in [2.45, 2.75) is 19.8 Å². The molecule has 2 N–H and O–H groups in total. The Morgan fingerprint density at radius 2 is 2.04 bits per heavy atom. The number of benzene rings is 1. The third-order valence-corrected chi connectivity index (χ3v) is 4.12. The number of likely N-dealkylation sites (N-methyl/N-ethyl adjacent to an activating group) is 1. The van der Waals surface area contributed by atoms with Gasteiger partial charge in [0.2, 0.25) is 0 Å². The van der Waals surface area contributed by atoms with E-state index in [1.807, 2.05) is 18.2 Å². The van der Waals surface area contributed by atoms with E-state index in [0.717, 1.165) is 74.9 Å². The molecule has 0 atom stereocenters. The molecule has 0 fully saturated rings. The van der Waals surface area contributed by atoms with Gasteiger partial charge in [-0.05, 0) is 32.5 Å². The highest BCUT2D eigenvalue weighted by atomic mass is 127. The third-order valence-electron chi connectivity index (χ3n) is 4.12. The molecule has 0 saturated heterocycles. The highest BCUT2D eigenvalue weighted by Crippen LogP contribution is 2.18. The van der Waals surface area contributed by atoms with Gasteiger partial charge in [0.05, 0.1) is 6.54 Å². The minimum atomic E-state index is 0. The minimum absolute atomic E-state index is 0. The first-order valence-corrected chi connectivity index (χ1v) is 9.40. The van der Waals surface area contributed by atoms with E-state index in [1.165, 1.54) is 0 Å². The van der Waals surface area contributed by atoms with Gasteiger partial charge in [0.1, 0.15) is 11.3 Å². The van der Waals surface area contributed by atoms with Gasteiger partial charge in [-0.2, -0.15) is 0 Å². The summed E-state index contributed by atoms with van der Waals surface area (Å²) >= 11 is 0. The van der Waals surface area contributed by atoms with Crippen molar-refractivity contribution in [3.63, 3.8) is 0 Å². The molecule has 0 spiro atoms. The number of methoxy groups -OCH3 is 1. The molecular formula is C20H33IN4O2. The number of rotatable bonds is 11. The average Bonchev–Trinajstić information content (AvgIpc) is 3.04. The van der Waals surface area contributed by atoms with Gasteiger partial charge in [-0.1, -0.05) is 18.2 Å². The summed E-state index contributed by atoms with van der Waals surface area (Å²) in [7, 11) is 3.86. The first kappa shape index (κ1) is 23.7. The number of para-hydroxylation sites is 1. The fourth-order valence-electron chi connectivity index (χ4n) is 2.73. The van der Waals surface area contributed by atoms with Gasteiger partial charge in [0.25, 0.3) is 0 Å². The van der Waals surface area contributed by atoms with Gasteiger partial charge >= 0.3 is 0 Å². The molecule has 2 rings (SSSR count). The fraction of sp³-hybridized carbons (Fsp3) is 0.550. The molecule has 1 heterocycles. The SMILES string of the molecule is CCNC(=NCCN(C)CCCOC)NCCc1cc2ccccc2o1.I. The summed E-state index contributed by atoms with van der Waals surface area (Å²) in [6.45, 7) is 7.25. The van der Waals surface area contributed by atoms with Crippen LogP contribution in [0, 0.1) is 0 Å². The third kappa shape index (κ3) is 8.94. The lowest BCUT2D eigenvalue weighted by molar-refractivity contribution is 0.180. The normalized spacial score (nSPS) is 11.6. The van der Waals surface area contributed by atoms with Gasteiger partial charge in [-0.15, -0.1) is 24.0 Å². The second-order valence-corrected chi connectivity index (χ2v) is 6.34. The van der Waals surface area contributed by atoms with Crippen LogP contribution in [0.25, 0.3) is 11.0 Å². The lowest BCUT2D eigenvalue weighted by atomic mass is 10.2. The Hall–Kier alpha value is -1.32. The number of fused-ring (bicyclic) bond motifs is 1. The monoisotopic (exact) mass is 488 g/mol. The van der Waals surface area contributed by atoms with Crippen molar-refractivity contribution in [1.82, 2.24) is 15.5 Å². The van der Waals surface area contributed by atoms with E-state index in [1.54, 1.807) is 7.11 Å². The van der Waals surface area contributed by atoms with E-state index in [9.17, 15) is 0 Å². The van der Waals surface area contributed by atoms with Gasteiger partial charge in [-0.25, -0.2) is 0 Å². The summed E-state index contributed by atoms with van der Waals surface area (Å²) < 4.78 is 10.9. The van der Waals surface area contributed by atoms with Gasteiger partial charge < -0.3 is 24.7 Å². The second-order valence-electron chi connectivity index (χ2n) is 6.34. The van der Waals surface area contributed by atoms with Crippen molar-refractivity contribution in [2.24, 2.45) is 4.99 Å². The Labute approximate surface area is 179 Å². The Bertz CT molecular complexity index is 642. The van der Waals surface area contributed by atoms with E-state index in [2.05, 4.69) is 46.6 Å². The summed E-state index contributed by atoms with van der Waals surface area (Å²) in [6, 6.07) is 10.2. The van der Waals surface area contributed by atoms with Gasteiger partial charge in [0, 0.05) is 51.7 Å². The molecule has 7 heteroatoms. The van der Waals surface area contributed by atoms with Crippen LogP contribution in [0.15, 0.2) is 39.7 Å². The number of halogens is 1. The van der Waals surface area contributed by atoms with Crippen LogP contribution < -0.4 is 10.6 Å². The molecule has 1 aromatic carbocycles. The van der Waals surface area contributed by atoms with Crippen LogP contribution in [0.2, 0.25) is 0 Å². The van der Waals surface area contributed by atoms with E-state index in [-0.39, 0.29) is 24.0 Å². The van der Waals surface area contributed by atoms with Crippen LogP contribution in [0.1, 0.15) is 19.1 Å². The Balaban J connectivity index is 0.00000364. The maximum absolute atomic E-state index is 5.85. The molecule has 0 aliphatic carbocycles. The zero-order valence-electron chi connectivity index (χ0n) is 16.7. The van der Waals surface area contributed by atoms with Crippen LogP contribution in [0.3, 0.4) is 0 Å². The van der Waals surface area contributed by atoms with E-state index in [4.69, 9.17) is 9.15 Å². The van der Waals surface area contributed by atoms with Crippen LogP contribution in [-0.2, 0) is 11.2 Å². The molecule has 0 unspecified atom stereocenters. The van der Waals surface area contributed by atoms with Crippen molar-refractivity contribution in [3.8, 4) is 0 Å². The van der Waals surface area contributed by atoms with Crippen molar-refractivity contribution in [2.75, 3.05) is 53.5 Å². The lowest BCUT2D eigenvalue weighted by Crippen LogP contribution is -2.39. The standard InChI is InChI=1S/C20H32N4O2.HI/c1-4-21-20(23-12-14-24(2)13-7-15-25-3)22-11-10-18-16-17-8-5-6-9-19(17)26-18;/h5-6,8-9,16H,4,7,10-15H2,1-3H3,(H2,21,22,23);1H. The number of guanidine groups is 1. The summed E-state index contributed by atoms with van der Waals surface area (Å²) in [5.74, 6) is 1.85. The Kier molecular flexibility index (Phi) is 12.1. The number of nitrogens with zero attached hydrogens (tertiary/aromatic N) is 2. The highest BCUT2D eigenvalue weighted by Gasteiger charge is 2.04. The highest BCUT2D eigenvalue weighted by molar-refractivity contribution is 14.0. The predicted molar refractivity (Wildman–Crippen MR) is 123 cm³/mol. The molecule has 1 aromatic heterocycles. The maximum atomic E-state index is 5.85. The first-order chi connectivity index (χ1) is 12.7. The molecule has 6 nitrogen and oxygen atoms in total. The molecule has 0 saturated carbocycles. The summed E-state index contributed by atoms with van der Waals surface area (Å²) in [6.07, 6.45) is 1.88. The van der Waals surface area contributed by atoms with Crippen LogP contribution in [0.5, 0.6) is 0 Å². The number of ether oxygens (including phenoxy) is 1. The maximum Gasteiger partial charge on any atom is 0.191 e. The molecule has 0 radical (unpaired) electrons. The molecule has 27 heavy (non-hydrogen) atoms. The lowest BCUT2D eigenvalue weighted by Gasteiger charge is -2.16. The largest absolute Gasteiger partial charge is 0.461 e. The molecule has 0 aliphatic rings. The number of furan rings is 1. The van der Waals surface area contributed by atoms with E-state index in [0.29, 0.717) is 0 Å². The number of nitrogens with one attached hydrogen (secondary N) is 2. The number of hydrogen-bond donors (Lipinski definition) is 2. The van der Waals surface area contributed by atoms with Crippen molar-refractivity contribution >= 4 is 40.9 Å². The molecule has 2 aromatic rings. The van der Waals surface area contributed by atoms with Crippen LogP contribution in [-0.4, -0.2) is 64.3 Å². The van der Waals surface area contributed by atoms with E-state index < -0.39 is 0 Å². The van der Waals surface area contributed by atoms with Crippen molar-refractivity contribution in [3.05, 3.63) is 36.1 Å². The van der Waals surface area contributed by atoms with E-state index >= 15 is 0 Å². The van der Waals surface area contributed by atoms with Gasteiger partial charge in [0.15, 0.2) is 5.96 Å². The zero-order chi connectivity index (χ0) is 18.6. The first-order valence-electron chi connectivity index (χ1n) is 9.40. The van der Waals surface area contributed by atoms with Crippen molar-refractivity contribution in [1.29, 1.82) is 0 Å². The fourth-order valence-corrected chi connectivity index (χ4v) is 2.73. The summed E-state index contributed by atoms with van der Waals surface area (Å²) in [5.41, 5.74) is 0.944. The molecule has 0 aliphatic heterocycles.